The van der Waals surface area contributed by atoms with Crippen LogP contribution in [-0.4, -0.2) is 14.5 Å². The number of hydrogen-bond donors (Lipinski definition) is 0. The van der Waals surface area contributed by atoms with Gasteiger partial charge in [-0.3, -0.25) is 9.36 Å². The Bertz CT molecular complexity index is 1350. The van der Waals surface area contributed by atoms with Gasteiger partial charge >= 0.3 is 0 Å². The normalized spacial score (nSPS) is 12.8. The molecule has 0 saturated heterocycles. The van der Waals surface area contributed by atoms with Crippen molar-refractivity contribution in [3.05, 3.63) is 99.9 Å². The molecule has 0 radical (unpaired) electrons. The molecule has 0 unspecified atom stereocenters. The Labute approximate surface area is 167 Å². The van der Waals surface area contributed by atoms with Crippen molar-refractivity contribution in [3.63, 3.8) is 0 Å². The van der Waals surface area contributed by atoms with Crippen molar-refractivity contribution >= 4 is 16.7 Å². The molecule has 2 aromatic carbocycles. The fourth-order valence-corrected chi connectivity index (χ4v) is 3.89. The molecule has 0 spiro atoms. The molecular weight excluding hydrogens is 365 g/mol. The summed E-state index contributed by atoms with van der Waals surface area (Å²) in [5, 5.41) is 0. The average Bonchev–Trinajstić information content (AvgIpc) is 3.11. The maximum atomic E-state index is 14.9. The second kappa shape index (κ2) is 6.78. The molecule has 0 saturated carbocycles. The van der Waals surface area contributed by atoms with Crippen LogP contribution in [0.15, 0.2) is 71.8 Å². The maximum Gasteiger partial charge on any atom is 0.269 e. The minimum atomic E-state index is -0.335. The van der Waals surface area contributed by atoms with E-state index in [0.717, 1.165) is 17.5 Å². The number of benzene rings is 2. The number of fused-ring (bicyclic) bond motifs is 2. The average molecular weight is 383 g/mol. The predicted molar refractivity (Wildman–Crippen MR) is 112 cm³/mol. The summed E-state index contributed by atoms with van der Waals surface area (Å²) in [5.74, 6) is -0.335. The van der Waals surface area contributed by atoms with Gasteiger partial charge in [-0.15, -0.1) is 0 Å². The highest BCUT2D eigenvalue weighted by Crippen LogP contribution is 2.31. The largest absolute Gasteiger partial charge is 0.299 e. The highest BCUT2D eigenvalue weighted by atomic mass is 19.1. The van der Waals surface area contributed by atoms with Crippen LogP contribution in [0, 0.1) is 5.82 Å². The molecule has 1 aliphatic carbocycles. The van der Waals surface area contributed by atoms with Gasteiger partial charge in [0.2, 0.25) is 0 Å². The standard InChI is InChI=1S/C24H18FN3O/c1-15-4-5-18-11-16(8-9-20(15)18)17-6-7-19(21(25)12-17)14-28-22-3-2-10-26-24(22)27-13-23(28)29/h2-4,6-13H,5,14H2,1H3. The van der Waals surface area contributed by atoms with Crippen LogP contribution in [0.5, 0.6) is 0 Å². The van der Waals surface area contributed by atoms with E-state index in [1.54, 1.807) is 30.5 Å². The minimum Gasteiger partial charge on any atom is -0.299 e. The summed E-state index contributed by atoms with van der Waals surface area (Å²) in [6, 6.07) is 15.0. The van der Waals surface area contributed by atoms with Crippen molar-refractivity contribution in [1.29, 1.82) is 0 Å². The molecule has 0 atom stereocenters. The van der Waals surface area contributed by atoms with E-state index >= 15 is 0 Å². The van der Waals surface area contributed by atoms with Crippen LogP contribution in [-0.2, 0) is 13.0 Å². The lowest BCUT2D eigenvalue weighted by atomic mass is 9.98. The van der Waals surface area contributed by atoms with E-state index in [1.807, 2.05) is 12.1 Å². The van der Waals surface area contributed by atoms with Crippen LogP contribution >= 0.6 is 0 Å². The van der Waals surface area contributed by atoms with Crippen LogP contribution in [0.1, 0.15) is 23.6 Å². The third-order valence-electron chi connectivity index (χ3n) is 5.49. The molecule has 0 amide bonds. The lowest BCUT2D eigenvalue weighted by Crippen LogP contribution is -2.21. The monoisotopic (exact) mass is 383 g/mol. The van der Waals surface area contributed by atoms with Crippen molar-refractivity contribution in [3.8, 4) is 11.1 Å². The molecule has 1 aliphatic rings. The molecule has 0 aliphatic heterocycles. The molecular formula is C24H18FN3O. The van der Waals surface area contributed by atoms with Gasteiger partial charge in [0.1, 0.15) is 5.82 Å². The van der Waals surface area contributed by atoms with E-state index in [1.165, 1.54) is 27.5 Å². The van der Waals surface area contributed by atoms with Crippen LogP contribution in [0.4, 0.5) is 4.39 Å². The van der Waals surface area contributed by atoms with Crippen LogP contribution in [0.25, 0.3) is 27.9 Å². The molecule has 29 heavy (non-hydrogen) atoms. The number of hydrogen-bond acceptors (Lipinski definition) is 3. The Morgan fingerprint density at radius 1 is 1.07 bits per heavy atom. The van der Waals surface area contributed by atoms with Gasteiger partial charge in [0.15, 0.2) is 5.65 Å². The Kier molecular flexibility index (Phi) is 4.09. The zero-order valence-corrected chi connectivity index (χ0v) is 15.9. The van der Waals surface area contributed by atoms with E-state index in [0.29, 0.717) is 16.7 Å². The second-order valence-electron chi connectivity index (χ2n) is 7.30. The zero-order chi connectivity index (χ0) is 20.0. The fraction of sp³-hybridized carbons (Fsp3) is 0.125. The van der Waals surface area contributed by atoms with E-state index < -0.39 is 0 Å². The summed E-state index contributed by atoms with van der Waals surface area (Å²) >= 11 is 0. The first-order valence-corrected chi connectivity index (χ1v) is 9.49. The van der Waals surface area contributed by atoms with Gasteiger partial charge in [-0.1, -0.05) is 36.4 Å². The summed E-state index contributed by atoms with van der Waals surface area (Å²) in [4.78, 5) is 20.5. The number of pyridine rings is 1. The van der Waals surface area contributed by atoms with Crippen LogP contribution < -0.4 is 5.56 Å². The van der Waals surface area contributed by atoms with E-state index in [9.17, 15) is 9.18 Å². The van der Waals surface area contributed by atoms with Crippen LogP contribution in [0.2, 0.25) is 0 Å². The minimum absolute atomic E-state index is 0.128. The van der Waals surface area contributed by atoms with Crippen molar-refractivity contribution in [1.82, 2.24) is 14.5 Å². The Hall–Kier alpha value is -3.60. The summed E-state index contributed by atoms with van der Waals surface area (Å²) in [6.07, 6.45) is 5.97. The Morgan fingerprint density at radius 2 is 1.90 bits per heavy atom. The molecule has 2 aromatic heterocycles. The Morgan fingerprint density at radius 3 is 2.76 bits per heavy atom. The first kappa shape index (κ1) is 17.5. The maximum absolute atomic E-state index is 14.9. The second-order valence-corrected chi connectivity index (χ2v) is 7.30. The van der Waals surface area contributed by atoms with Crippen molar-refractivity contribution in [2.45, 2.75) is 19.9 Å². The topological polar surface area (TPSA) is 47.8 Å². The van der Waals surface area contributed by atoms with Gasteiger partial charge < -0.3 is 0 Å². The number of allylic oxidation sites excluding steroid dienone is 2. The fourth-order valence-electron chi connectivity index (χ4n) is 3.89. The lowest BCUT2D eigenvalue weighted by Gasteiger charge is -2.12. The molecule has 142 valence electrons. The molecule has 5 rings (SSSR count). The Balaban J connectivity index is 1.50. The van der Waals surface area contributed by atoms with Gasteiger partial charge in [0.05, 0.1) is 18.3 Å². The van der Waals surface area contributed by atoms with Crippen molar-refractivity contribution in [2.75, 3.05) is 0 Å². The van der Waals surface area contributed by atoms with E-state index in [2.05, 4.69) is 35.1 Å². The van der Waals surface area contributed by atoms with Crippen molar-refractivity contribution < 1.29 is 4.39 Å². The number of halogens is 1. The quantitative estimate of drug-likeness (QED) is 0.519. The molecule has 4 nitrogen and oxygen atoms in total. The first-order chi connectivity index (χ1) is 14.1. The smallest absolute Gasteiger partial charge is 0.269 e. The van der Waals surface area contributed by atoms with Gasteiger partial charge in [-0.05, 0) is 59.4 Å². The number of nitrogens with zero attached hydrogens (tertiary/aromatic N) is 3. The lowest BCUT2D eigenvalue weighted by molar-refractivity contribution is 0.599. The molecule has 2 heterocycles. The summed E-state index contributed by atoms with van der Waals surface area (Å²) < 4.78 is 16.4. The van der Waals surface area contributed by atoms with Gasteiger partial charge in [0.25, 0.3) is 5.56 Å². The van der Waals surface area contributed by atoms with Gasteiger partial charge in [0, 0.05) is 11.8 Å². The summed E-state index contributed by atoms with van der Waals surface area (Å²) in [5.41, 5.74) is 6.87. The highest BCUT2D eigenvalue weighted by Gasteiger charge is 2.13. The molecule has 0 N–H and O–H groups in total. The SMILES string of the molecule is CC1=CCc2cc(-c3ccc(Cn4c(=O)cnc5ncccc54)c(F)c3)ccc21. The summed E-state index contributed by atoms with van der Waals surface area (Å²) in [7, 11) is 0. The van der Waals surface area contributed by atoms with Gasteiger partial charge in [-0.2, -0.15) is 0 Å². The third-order valence-corrected chi connectivity index (χ3v) is 5.49. The first-order valence-electron chi connectivity index (χ1n) is 9.49. The van der Waals surface area contributed by atoms with Crippen molar-refractivity contribution in [2.24, 2.45) is 0 Å². The predicted octanol–water partition coefficient (Wildman–Crippen LogP) is 4.61. The molecule has 0 fully saturated rings. The zero-order valence-electron chi connectivity index (χ0n) is 15.9. The summed E-state index contributed by atoms with van der Waals surface area (Å²) in [6.45, 7) is 2.24. The van der Waals surface area contributed by atoms with Gasteiger partial charge in [-0.25, -0.2) is 14.4 Å². The number of aromatic nitrogens is 3. The molecule has 0 bridgehead atoms. The third kappa shape index (κ3) is 3.05. The number of rotatable bonds is 3. The van der Waals surface area contributed by atoms with E-state index in [4.69, 9.17) is 0 Å². The highest BCUT2D eigenvalue weighted by molar-refractivity contribution is 5.76. The van der Waals surface area contributed by atoms with E-state index in [-0.39, 0.29) is 17.9 Å². The molecule has 4 aromatic rings. The van der Waals surface area contributed by atoms with Crippen LogP contribution in [0.3, 0.4) is 0 Å². The molecule has 5 heteroatoms.